The maximum absolute atomic E-state index is 13.6. The fraction of sp³-hybridized carbons (Fsp3) is 0.500. The molecule has 0 unspecified atom stereocenters. The minimum Gasteiger partial charge on any atom is -0.393 e. The van der Waals surface area contributed by atoms with Crippen LogP contribution in [0.1, 0.15) is 25.7 Å². The molecule has 0 amide bonds. The summed E-state index contributed by atoms with van der Waals surface area (Å²) in [6.07, 6.45) is 2.55. The zero-order chi connectivity index (χ0) is 12.4. The molecule has 0 aromatic heterocycles. The SMILES string of the molecule is OC1CCC(Nc2c(F)cc(Br)cc2F)CC1. The summed E-state index contributed by atoms with van der Waals surface area (Å²) in [6.45, 7) is 0. The summed E-state index contributed by atoms with van der Waals surface area (Å²) in [4.78, 5) is 0. The van der Waals surface area contributed by atoms with Crippen LogP contribution in [0.3, 0.4) is 0 Å². The highest BCUT2D eigenvalue weighted by Gasteiger charge is 2.21. The molecule has 2 N–H and O–H groups in total. The van der Waals surface area contributed by atoms with Gasteiger partial charge in [-0.3, -0.25) is 0 Å². The van der Waals surface area contributed by atoms with Gasteiger partial charge in [0, 0.05) is 10.5 Å². The van der Waals surface area contributed by atoms with Crippen LogP contribution < -0.4 is 5.32 Å². The molecule has 2 rings (SSSR count). The maximum Gasteiger partial charge on any atom is 0.150 e. The normalized spacial score (nSPS) is 24.7. The molecule has 0 radical (unpaired) electrons. The summed E-state index contributed by atoms with van der Waals surface area (Å²) in [5.74, 6) is -1.19. The average molecular weight is 306 g/mol. The van der Waals surface area contributed by atoms with Crippen molar-refractivity contribution in [1.29, 1.82) is 0 Å². The number of aliphatic hydroxyl groups excluding tert-OH is 1. The van der Waals surface area contributed by atoms with Crippen LogP contribution in [0.15, 0.2) is 16.6 Å². The molecule has 0 bridgehead atoms. The van der Waals surface area contributed by atoms with E-state index in [1.807, 2.05) is 0 Å². The second-order valence-corrected chi connectivity index (χ2v) is 5.31. The van der Waals surface area contributed by atoms with Crippen LogP contribution in [0.25, 0.3) is 0 Å². The van der Waals surface area contributed by atoms with E-state index < -0.39 is 11.6 Å². The van der Waals surface area contributed by atoms with Crippen molar-refractivity contribution in [3.05, 3.63) is 28.2 Å². The highest BCUT2D eigenvalue weighted by Crippen LogP contribution is 2.27. The van der Waals surface area contributed by atoms with Crippen LogP contribution in [-0.4, -0.2) is 17.3 Å². The van der Waals surface area contributed by atoms with Gasteiger partial charge in [-0.25, -0.2) is 8.78 Å². The Bertz CT molecular complexity index is 382. The molecule has 1 saturated carbocycles. The predicted octanol–water partition coefficient (Wildman–Crippen LogP) is 3.44. The van der Waals surface area contributed by atoms with E-state index in [0.29, 0.717) is 17.3 Å². The topological polar surface area (TPSA) is 32.3 Å². The predicted molar refractivity (Wildman–Crippen MR) is 65.9 cm³/mol. The van der Waals surface area contributed by atoms with Crippen molar-refractivity contribution in [2.75, 3.05) is 5.32 Å². The lowest BCUT2D eigenvalue weighted by atomic mass is 9.93. The molecule has 1 aliphatic carbocycles. The molecule has 1 fully saturated rings. The second kappa shape index (κ2) is 5.31. The third-order valence-electron chi connectivity index (χ3n) is 3.05. The highest BCUT2D eigenvalue weighted by atomic mass is 79.9. The second-order valence-electron chi connectivity index (χ2n) is 4.39. The monoisotopic (exact) mass is 305 g/mol. The van der Waals surface area contributed by atoms with Crippen molar-refractivity contribution < 1.29 is 13.9 Å². The van der Waals surface area contributed by atoms with Crippen LogP contribution in [0, 0.1) is 11.6 Å². The summed E-state index contributed by atoms with van der Waals surface area (Å²) in [6, 6.07) is 2.51. The van der Waals surface area contributed by atoms with Gasteiger partial charge in [-0.05, 0) is 37.8 Å². The van der Waals surface area contributed by atoms with Gasteiger partial charge >= 0.3 is 0 Å². The molecule has 0 spiro atoms. The summed E-state index contributed by atoms with van der Waals surface area (Å²) in [5, 5.41) is 12.2. The lowest BCUT2D eigenvalue weighted by Crippen LogP contribution is -2.28. The number of hydrogen-bond acceptors (Lipinski definition) is 2. The standard InChI is InChI=1S/C12H14BrF2NO/c13-7-5-10(14)12(11(15)6-7)16-8-1-3-9(17)4-2-8/h5-6,8-9,16-17H,1-4H2. The third kappa shape index (κ3) is 3.16. The van der Waals surface area contributed by atoms with Gasteiger partial charge in [0.15, 0.2) is 0 Å². The Labute approximate surface area is 107 Å². The molecule has 0 aliphatic heterocycles. The minimum absolute atomic E-state index is 0.0311. The van der Waals surface area contributed by atoms with Gasteiger partial charge in [-0.15, -0.1) is 0 Å². The van der Waals surface area contributed by atoms with E-state index in [0.717, 1.165) is 12.8 Å². The van der Waals surface area contributed by atoms with E-state index in [2.05, 4.69) is 21.2 Å². The Balaban J connectivity index is 2.08. The number of benzene rings is 1. The molecule has 2 nitrogen and oxygen atoms in total. The summed E-state index contributed by atoms with van der Waals surface area (Å²) in [7, 11) is 0. The van der Waals surface area contributed by atoms with Crippen molar-refractivity contribution in [3.8, 4) is 0 Å². The first kappa shape index (κ1) is 12.8. The number of anilines is 1. The zero-order valence-corrected chi connectivity index (χ0v) is 10.8. The van der Waals surface area contributed by atoms with Gasteiger partial charge in [0.2, 0.25) is 0 Å². The van der Waals surface area contributed by atoms with Gasteiger partial charge < -0.3 is 10.4 Å². The minimum atomic E-state index is -0.594. The summed E-state index contributed by atoms with van der Waals surface area (Å²) < 4.78 is 27.5. The van der Waals surface area contributed by atoms with E-state index in [1.54, 1.807) is 0 Å². The lowest BCUT2D eigenvalue weighted by Gasteiger charge is -2.27. The van der Waals surface area contributed by atoms with Crippen LogP contribution in [0.2, 0.25) is 0 Å². The number of rotatable bonds is 2. The van der Waals surface area contributed by atoms with Crippen LogP contribution in [-0.2, 0) is 0 Å². The van der Waals surface area contributed by atoms with Gasteiger partial charge in [-0.1, -0.05) is 15.9 Å². The molecule has 0 atom stereocenters. The third-order valence-corrected chi connectivity index (χ3v) is 3.51. The smallest absolute Gasteiger partial charge is 0.150 e. The Morgan fingerprint density at radius 2 is 1.65 bits per heavy atom. The Morgan fingerprint density at radius 3 is 2.18 bits per heavy atom. The molecule has 1 aromatic rings. The largest absolute Gasteiger partial charge is 0.393 e. The van der Waals surface area contributed by atoms with E-state index in [-0.39, 0.29) is 17.8 Å². The highest BCUT2D eigenvalue weighted by molar-refractivity contribution is 9.10. The molecule has 94 valence electrons. The van der Waals surface area contributed by atoms with Crippen LogP contribution in [0.5, 0.6) is 0 Å². The van der Waals surface area contributed by atoms with E-state index in [9.17, 15) is 13.9 Å². The fourth-order valence-electron chi connectivity index (χ4n) is 2.10. The number of aliphatic hydroxyl groups is 1. The number of nitrogens with one attached hydrogen (secondary N) is 1. The van der Waals surface area contributed by atoms with Crippen molar-refractivity contribution in [2.45, 2.75) is 37.8 Å². The van der Waals surface area contributed by atoms with Crippen molar-refractivity contribution in [3.63, 3.8) is 0 Å². The summed E-state index contributed by atoms with van der Waals surface area (Å²) >= 11 is 3.04. The van der Waals surface area contributed by atoms with Crippen molar-refractivity contribution in [1.82, 2.24) is 0 Å². The average Bonchev–Trinajstić information content (AvgIpc) is 2.26. The number of hydrogen-bond donors (Lipinski definition) is 2. The molecule has 1 aromatic carbocycles. The molecule has 0 heterocycles. The molecule has 0 saturated heterocycles. The van der Waals surface area contributed by atoms with E-state index in [1.165, 1.54) is 12.1 Å². The number of halogens is 3. The summed E-state index contributed by atoms with van der Waals surface area (Å²) in [5.41, 5.74) is -0.0745. The first-order valence-corrected chi connectivity index (χ1v) is 6.44. The van der Waals surface area contributed by atoms with Crippen molar-refractivity contribution in [2.24, 2.45) is 0 Å². The molecule has 1 aliphatic rings. The molecule has 5 heteroatoms. The van der Waals surface area contributed by atoms with E-state index >= 15 is 0 Å². The molecular weight excluding hydrogens is 292 g/mol. The molecule has 17 heavy (non-hydrogen) atoms. The van der Waals surface area contributed by atoms with Gasteiger partial charge in [-0.2, -0.15) is 0 Å². The first-order chi connectivity index (χ1) is 8.06. The van der Waals surface area contributed by atoms with Crippen LogP contribution >= 0.6 is 15.9 Å². The quantitative estimate of drug-likeness (QED) is 0.877. The van der Waals surface area contributed by atoms with Gasteiger partial charge in [0.1, 0.15) is 17.3 Å². The Hall–Kier alpha value is -0.680. The Morgan fingerprint density at radius 1 is 1.12 bits per heavy atom. The van der Waals surface area contributed by atoms with Gasteiger partial charge in [0.05, 0.1) is 6.10 Å². The van der Waals surface area contributed by atoms with Crippen molar-refractivity contribution >= 4 is 21.6 Å². The van der Waals surface area contributed by atoms with E-state index in [4.69, 9.17) is 0 Å². The zero-order valence-electron chi connectivity index (χ0n) is 9.22. The van der Waals surface area contributed by atoms with Gasteiger partial charge in [0.25, 0.3) is 0 Å². The Kier molecular flexibility index (Phi) is 3.99. The fourth-order valence-corrected chi connectivity index (χ4v) is 2.51. The van der Waals surface area contributed by atoms with Crippen LogP contribution in [0.4, 0.5) is 14.5 Å². The maximum atomic E-state index is 13.6. The molecular formula is C12H14BrF2NO. The lowest BCUT2D eigenvalue weighted by molar-refractivity contribution is 0.126. The first-order valence-electron chi connectivity index (χ1n) is 5.65.